The van der Waals surface area contributed by atoms with E-state index in [4.69, 9.17) is 10.00 Å². The summed E-state index contributed by atoms with van der Waals surface area (Å²) in [6, 6.07) is 9.34. The molecule has 2 rings (SSSR count). The predicted octanol–water partition coefficient (Wildman–Crippen LogP) is 0.505. The van der Waals surface area contributed by atoms with Gasteiger partial charge in [0.25, 0.3) is 0 Å². The lowest BCUT2D eigenvalue weighted by Crippen LogP contribution is -2.52. The van der Waals surface area contributed by atoms with Gasteiger partial charge in [-0.3, -0.25) is 9.69 Å². The van der Waals surface area contributed by atoms with Crippen LogP contribution in [0, 0.1) is 11.3 Å². The van der Waals surface area contributed by atoms with Crippen LogP contribution in [0.15, 0.2) is 24.3 Å². The van der Waals surface area contributed by atoms with Gasteiger partial charge in [-0.05, 0) is 17.7 Å². The summed E-state index contributed by atoms with van der Waals surface area (Å²) in [4.78, 5) is 13.9. The molecule has 1 amide bonds. The molecule has 1 aromatic carbocycles. The van der Waals surface area contributed by atoms with Crippen molar-refractivity contribution in [3.63, 3.8) is 0 Å². The van der Waals surface area contributed by atoms with Gasteiger partial charge >= 0.3 is 0 Å². The second kappa shape index (κ2) is 6.32. The number of carbonyl (C=O) groups excluding carboxylic acids is 1. The van der Waals surface area contributed by atoms with E-state index in [1.165, 1.54) is 0 Å². The van der Waals surface area contributed by atoms with Crippen LogP contribution in [0.2, 0.25) is 0 Å². The zero-order chi connectivity index (χ0) is 13.7. The molecule has 0 radical (unpaired) electrons. The number of carbonyl (C=O) groups is 1. The Labute approximate surface area is 112 Å². The quantitative estimate of drug-likeness (QED) is 0.858. The minimum atomic E-state index is -0.260. The lowest BCUT2D eigenvalue weighted by molar-refractivity contribution is -0.132. The molecule has 5 nitrogen and oxygen atoms in total. The second-order valence-corrected chi connectivity index (χ2v) is 4.49. The molecule has 1 aliphatic heterocycles. The fourth-order valence-corrected chi connectivity index (χ4v) is 2.21. The topological polar surface area (TPSA) is 65.4 Å². The number of nitriles is 1. The van der Waals surface area contributed by atoms with Crippen molar-refractivity contribution in [2.24, 2.45) is 0 Å². The molecule has 1 N–H and O–H groups in total. The summed E-state index contributed by atoms with van der Waals surface area (Å²) in [5.41, 5.74) is 1.68. The summed E-state index contributed by atoms with van der Waals surface area (Å²) in [5.74, 6) is -0.0314. The molecule has 1 unspecified atom stereocenters. The zero-order valence-electron chi connectivity index (χ0n) is 10.9. The normalized spacial score (nSPS) is 19.7. The number of morpholine rings is 1. The van der Waals surface area contributed by atoms with Crippen molar-refractivity contribution < 1.29 is 9.53 Å². The average Bonchev–Trinajstić information content (AvgIpc) is 2.47. The molecule has 1 aliphatic rings. The maximum Gasteiger partial charge on any atom is 0.239 e. The van der Waals surface area contributed by atoms with Crippen LogP contribution in [0.25, 0.3) is 0 Å². The number of amides is 1. The fourth-order valence-electron chi connectivity index (χ4n) is 2.21. The van der Waals surface area contributed by atoms with E-state index in [2.05, 4.69) is 16.3 Å². The first kappa shape index (κ1) is 13.5. The number of ether oxygens (including phenoxy) is 1. The van der Waals surface area contributed by atoms with E-state index >= 15 is 0 Å². The summed E-state index contributed by atoms with van der Waals surface area (Å²) in [6.07, 6.45) is 0. The molecule has 0 aliphatic carbocycles. The highest BCUT2D eigenvalue weighted by Gasteiger charge is 2.28. The largest absolute Gasteiger partial charge is 0.378 e. The van der Waals surface area contributed by atoms with E-state index in [9.17, 15) is 4.79 Å². The smallest absolute Gasteiger partial charge is 0.239 e. The summed E-state index contributed by atoms with van der Waals surface area (Å²) in [7, 11) is 1.63. The Morgan fingerprint density at radius 3 is 3.21 bits per heavy atom. The van der Waals surface area contributed by atoms with Gasteiger partial charge < -0.3 is 10.1 Å². The second-order valence-electron chi connectivity index (χ2n) is 4.49. The van der Waals surface area contributed by atoms with Crippen LogP contribution in [0.1, 0.15) is 11.1 Å². The molecule has 100 valence electrons. The van der Waals surface area contributed by atoms with E-state index in [1.807, 2.05) is 18.2 Å². The first-order valence-corrected chi connectivity index (χ1v) is 6.27. The van der Waals surface area contributed by atoms with Gasteiger partial charge in [-0.1, -0.05) is 12.1 Å². The SMILES string of the molecule is CNC(=O)C1COCCN1Cc1cccc(C#N)c1. The summed E-state index contributed by atoms with van der Waals surface area (Å²) >= 11 is 0. The molecule has 0 aromatic heterocycles. The van der Waals surface area contributed by atoms with Gasteiger partial charge in [-0.15, -0.1) is 0 Å². The van der Waals surface area contributed by atoms with Crippen LogP contribution >= 0.6 is 0 Å². The third-order valence-corrected chi connectivity index (χ3v) is 3.23. The molecule has 0 spiro atoms. The Morgan fingerprint density at radius 2 is 2.47 bits per heavy atom. The van der Waals surface area contributed by atoms with Gasteiger partial charge in [0.05, 0.1) is 24.8 Å². The first-order valence-electron chi connectivity index (χ1n) is 6.27. The fraction of sp³-hybridized carbons (Fsp3) is 0.429. The standard InChI is InChI=1S/C14H17N3O2/c1-16-14(18)13-10-19-6-5-17(13)9-12-4-2-3-11(7-12)8-15/h2-4,7,13H,5-6,9-10H2,1H3,(H,16,18). The summed E-state index contributed by atoms with van der Waals surface area (Å²) in [6.45, 7) is 2.41. The van der Waals surface area contributed by atoms with Crippen LogP contribution in [0.3, 0.4) is 0 Å². The maximum atomic E-state index is 11.8. The van der Waals surface area contributed by atoms with Crippen molar-refractivity contribution in [2.75, 3.05) is 26.8 Å². The Balaban J connectivity index is 2.10. The molecule has 0 saturated carbocycles. The highest BCUT2D eigenvalue weighted by Crippen LogP contribution is 2.13. The third kappa shape index (κ3) is 3.31. The lowest BCUT2D eigenvalue weighted by atomic mass is 10.1. The molecule has 1 aromatic rings. The molecule has 0 bridgehead atoms. The molecule has 1 heterocycles. The Morgan fingerprint density at radius 1 is 1.63 bits per heavy atom. The van der Waals surface area contributed by atoms with Crippen molar-refractivity contribution in [1.82, 2.24) is 10.2 Å². The number of rotatable bonds is 3. The highest BCUT2D eigenvalue weighted by atomic mass is 16.5. The average molecular weight is 259 g/mol. The van der Waals surface area contributed by atoms with Crippen molar-refractivity contribution in [3.05, 3.63) is 35.4 Å². The van der Waals surface area contributed by atoms with E-state index in [-0.39, 0.29) is 11.9 Å². The van der Waals surface area contributed by atoms with Gasteiger partial charge in [0, 0.05) is 20.1 Å². The zero-order valence-corrected chi connectivity index (χ0v) is 10.9. The van der Waals surface area contributed by atoms with Gasteiger partial charge in [0.15, 0.2) is 0 Å². The predicted molar refractivity (Wildman–Crippen MR) is 70.2 cm³/mol. The Kier molecular flexibility index (Phi) is 4.50. The molecule has 5 heteroatoms. The highest BCUT2D eigenvalue weighted by molar-refractivity contribution is 5.81. The summed E-state index contributed by atoms with van der Waals surface area (Å²) in [5, 5.41) is 11.6. The van der Waals surface area contributed by atoms with Crippen LogP contribution in [-0.4, -0.2) is 43.7 Å². The first-order chi connectivity index (χ1) is 9.24. The number of hydrogen-bond acceptors (Lipinski definition) is 4. The molecule has 19 heavy (non-hydrogen) atoms. The van der Waals surface area contributed by atoms with Crippen molar-refractivity contribution >= 4 is 5.91 Å². The summed E-state index contributed by atoms with van der Waals surface area (Å²) < 4.78 is 5.36. The molecule has 1 atom stereocenters. The van der Waals surface area contributed by atoms with Crippen molar-refractivity contribution in [2.45, 2.75) is 12.6 Å². The van der Waals surface area contributed by atoms with Crippen LogP contribution in [-0.2, 0) is 16.1 Å². The van der Waals surface area contributed by atoms with Gasteiger partial charge in [0.2, 0.25) is 5.91 Å². The molecule has 1 fully saturated rings. The van der Waals surface area contributed by atoms with E-state index in [1.54, 1.807) is 13.1 Å². The Hall–Kier alpha value is -1.90. The van der Waals surface area contributed by atoms with Crippen molar-refractivity contribution in [3.8, 4) is 6.07 Å². The molecule has 1 saturated heterocycles. The lowest BCUT2D eigenvalue weighted by Gasteiger charge is -2.34. The number of benzene rings is 1. The number of nitrogens with one attached hydrogen (secondary N) is 1. The van der Waals surface area contributed by atoms with Crippen molar-refractivity contribution in [1.29, 1.82) is 5.26 Å². The molecular weight excluding hydrogens is 242 g/mol. The van der Waals surface area contributed by atoms with Gasteiger partial charge in [0.1, 0.15) is 6.04 Å². The Bertz CT molecular complexity index is 496. The molecular formula is C14H17N3O2. The number of hydrogen-bond donors (Lipinski definition) is 1. The minimum Gasteiger partial charge on any atom is -0.378 e. The van der Waals surface area contributed by atoms with E-state index in [0.29, 0.717) is 25.3 Å². The minimum absolute atomic E-state index is 0.0314. The maximum absolute atomic E-state index is 11.8. The van der Waals surface area contributed by atoms with Gasteiger partial charge in [-0.2, -0.15) is 5.26 Å². The van der Waals surface area contributed by atoms with Crippen LogP contribution in [0.4, 0.5) is 0 Å². The van der Waals surface area contributed by atoms with E-state index < -0.39 is 0 Å². The third-order valence-electron chi connectivity index (χ3n) is 3.23. The van der Waals surface area contributed by atoms with Crippen LogP contribution < -0.4 is 5.32 Å². The van der Waals surface area contributed by atoms with E-state index in [0.717, 1.165) is 12.1 Å². The van der Waals surface area contributed by atoms with Crippen LogP contribution in [0.5, 0.6) is 0 Å². The van der Waals surface area contributed by atoms with Gasteiger partial charge in [-0.25, -0.2) is 0 Å². The number of likely N-dealkylation sites (N-methyl/N-ethyl adjacent to an activating group) is 1. The number of nitrogens with zero attached hydrogens (tertiary/aromatic N) is 2. The monoisotopic (exact) mass is 259 g/mol.